The molecule has 0 N–H and O–H groups in total. The standard InChI is InChI=1S/C17H16ClN5O/c18-15-6-17(22-7-12-9-24-10-13(12)8-22)23-16(20-15)5-14(21-23)11-1-3-19-4-2-11/h1-6,12-13H,7-10H2. The molecule has 0 amide bonds. The molecule has 24 heavy (non-hydrogen) atoms. The molecule has 0 aliphatic carbocycles. The monoisotopic (exact) mass is 341 g/mol. The van der Waals surface area contributed by atoms with Crippen LogP contribution in [0.1, 0.15) is 0 Å². The highest BCUT2D eigenvalue weighted by Gasteiger charge is 2.38. The fourth-order valence-electron chi connectivity index (χ4n) is 3.69. The maximum absolute atomic E-state index is 6.26. The molecular weight excluding hydrogens is 326 g/mol. The van der Waals surface area contributed by atoms with Crippen LogP contribution in [0.15, 0.2) is 36.7 Å². The normalized spacial score (nSPS) is 23.1. The summed E-state index contributed by atoms with van der Waals surface area (Å²) in [6, 6.07) is 7.76. The SMILES string of the molecule is Clc1cc(N2CC3COCC3C2)n2nc(-c3ccncc3)cc2n1. The van der Waals surface area contributed by atoms with Gasteiger partial charge in [0.2, 0.25) is 0 Å². The maximum atomic E-state index is 6.26. The molecular formula is C17H16ClN5O. The summed E-state index contributed by atoms with van der Waals surface area (Å²) in [5.41, 5.74) is 2.65. The van der Waals surface area contributed by atoms with Crippen LogP contribution in [-0.2, 0) is 4.74 Å². The lowest BCUT2D eigenvalue weighted by Crippen LogP contribution is -2.24. The van der Waals surface area contributed by atoms with Gasteiger partial charge in [0, 0.05) is 55.0 Å². The van der Waals surface area contributed by atoms with Crippen molar-refractivity contribution in [2.45, 2.75) is 0 Å². The Morgan fingerprint density at radius 1 is 1.08 bits per heavy atom. The molecule has 2 aliphatic heterocycles. The fraction of sp³-hybridized carbons (Fsp3) is 0.353. The van der Waals surface area contributed by atoms with Gasteiger partial charge in [0.1, 0.15) is 11.0 Å². The van der Waals surface area contributed by atoms with E-state index < -0.39 is 0 Å². The number of pyridine rings is 1. The Balaban J connectivity index is 1.59. The molecule has 5 rings (SSSR count). The van der Waals surface area contributed by atoms with Gasteiger partial charge < -0.3 is 9.64 Å². The summed E-state index contributed by atoms with van der Waals surface area (Å²) in [4.78, 5) is 10.8. The number of nitrogens with zero attached hydrogens (tertiary/aromatic N) is 5. The zero-order chi connectivity index (χ0) is 16.1. The van der Waals surface area contributed by atoms with Gasteiger partial charge in [-0.05, 0) is 12.1 Å². The van der Waals surface area contributed by atoms with Gasteiger partial charge in [0.05, 0.1) is 18.9 Å². The molecule has 2 atom stereocenters. The lowest BCUT2D eigenvalue weighted by atomic mass is 10.0. The molecule has 0 spiro atoms. The first-order valence-electron chi connectivity index (χ1n) is 8.07. The van der Waals surface area contributed by atoms with E-state index >= 15 is 0 Å². The number of ether oxygens (including phenoxy) is 1. The van der Waals surface area contributed by atoms with Crippen LogP contribution in [0.5, 0.6) is 0 Å². The summed E-state index contributed by atoms with van der Waals surface area (Å²) in [5.74, 6) is 2.20. The van der Waals surface area contributed by atoms with E-state index in [1.807, 2.05) is 28.8 Å². The van der Waals surface area contributed by atoms with Crippen molar-refractivity contribution in [3.8, 4) is 11.3 Å². The highest BCUT2D eigenvalue weighted by atomic mass is 35.5. The number of aromatic nitrogens is 4. The molecule has 2 aliphatic rings. The van der Waals surface area contributed by atoms with Crippen LogP contribution in [0.3, 0.4) is 0 Å². The first-order chi connectivity index (χ1) is 11.8. The summed E-state index contributed by atoms with van der Waals surface area (Å²) in [6.07, 6.45) is 3.53. The molecule has 7 heteroatoms. The van der Waals surface area contributed by atoms with Crippen molar-refractivity contribution in [2.75, 3.05) is 31.2 Å². The van der Waals surface area contributed by atoms with Crippen molar-refractivity contribution in [2.24, 2.45) is 11.8 Å². The number of anilines is 1. The molecule has 3 aromatic rings. The molecule has 0 saturated carbocycles. The Kier molecular flexibility index (Phi) is 3.21. The highest BCUT2D eigenvalue weighted by molar-refractivity contribution is 6.29. The van der Waals surface area contributed by atoms with Crippen LogP contribution in [0.4, 0.5) is 5.82 Å². The molecule has 3 aromatic heterocycles. The molecule has 5 heterocycles. The minimum absolute atomic E-state index is 0.493. The van der Waals surface area contributed by atoms with Crippen LogP contribution >= 0.6 is 11.6 Å². The second kappa shape index (κ2) is 5.43. The average Bonchev–Trinajstić information content (AvgIpc) is 3.28. The zero-order valence-electron chi connectivity index (χ0n) is 13.0. The lowest BCUT2D eigenvalue weighted by molar-refractivity contribution is 0.177. The van der Waals surface area contributed by atoms with Crippen molar-refractivity contribution in [3.63, 3.8) is 0 Å². The van der Waals surface area contributed by atoms with E-state index in [-0.39, 0.29) is 0 Å². The van der Waals surface area contributed by atoms with Gasteiger partial charge >= 0.3 is 0 Å². The number of fused-ring (bicyclic) bond motifs is 2. The predicted molar refractivity (Wildman–Crippen MR) is 91.2 cm³/mol. The van der Waals surface area contributed by atoms with Crippen LogP contribution in [0, 0.1) is 11.8 Å². The van der Waals surface area contributed by atoms with Crippen LogP contribution < -0.4 is 4.90 Å². The maximum Gasteiger partial charge on any atom is 0.159 e. The van der Waals surface area contributed by atoms with E-state index in [9.17, 15) is 0 Å². The van der Waals surface area contributed by atoms with E-state index in [2.05, 4.69) is 14.9 Å². The number of rotatable bonds is 2. The number of hydrogen-bond acceptors (Lipinski definition) is 5. The number of hydrogen-bond donors (Lipinski definition) is 0. The van der Waals surface area contributed by atoms with Crippen molar-refractivity contribution in [1.82, 2.24) is 19.6 Å². The van der Waals surface area contributed by atoms with Gasteiger partial charge in [-0.3, -0.25) is 4.98 Å². The Bertz CT molecular complexity index is 885. The Morgan fingerprint density at radius 3 is 2.58 bits per heavy atom. The fourth-order valence-corrected chi connectivity index (χ4v) is 3.88. The summed E-state index contributed by atoms with van der Waals surface area (Å²) in [7, 11) is 0. The average molecular weight is 342 g/mol. The van der Waals surface area contributed by atoms with Crippen LogP contribution in [-0.4, -0.2) is 45.9 Å². The van der Waals surface area contributed by atoms with Crippen LogP contribution in [0.25, 0.3) is 16.9 Å². The van der Waals surface area contributed by atoms with E-state index in [1.54, 1.807) is 12.4 Å². The van der Waals surface area contributed by atoms with Gasteiger partial charge in [-0.25, -0.2) is 4.98 Å². The first-order valence-corrected chi connectivity index (χ1v) is 8.45. The highest BCUT2D eigenvalue weighted by Crippen LogP contribution is 2.34. The molecule has 6 nitrogen and oxygen atoms in total. The van der Waals surface area contributed by atoms with Gasteiger partial charge in [-0.1, -0.05) is 11.6 Å². The van der Waals surface area contributed by atoms with Crippen molar-refractivity contribution < 1.29 is 4.74 Å². The molecule has 0 radical (unpaired) electrons. The van der Waals surface area contributed by atoms with Gasteiger partial charge in [-0.2, -0.15) is 9.61 Å². The largest absolute Gasteiger partial charge is 0.381 e. The van der Waals surface area contributed by atoms with Gasteiger partial charge in [0.25, 0.3) is 0 Å². The summed E-state index contributed by atoms with van der Waals surface area (Å²) in [5, 5.41) is 5.25. The lowest BCUT2D eigenvalue weighted by Gasteiger charge is -2.20. The van der Waals surface area contributed by atoms with Crippen molar-refractivity contribution in [3.05, 3.63) is 41.8 Å². The molecule has 0 aromatic carbocycles. The predicted octanol–water partition coefficient (Wildman–Crippen LogP) is 2.53. The zero-order valence-corrected chi connectivity index (χ0v) is 13.7. The second-order valence-electron chi connectivity index (χ2n) is 6.44. The van der Waals surface area contributed by atoms with E-state index in [0.29, 0.717) is 17.0 Å². The van der Waals surface area contributed by atoms with E-state index in [1.165, 1.54) is 0 Å². The first kappa shape index (κ1) is 14.2. The molecule has 2 fully saturated rings. The molecule has 122 valence electrons. The number of halogens is 1. The smallest absolute Gasteiger partial charge is 0.159 e. The van der Waals surface area contributed by atoms with E-state index in [4.69, 9.17) is 21.4 Å². The molecule has 2 saturated heterocycles. The van der Waals surface area contributed by atoms with Crippen molar-refractivity contribution in [1.29, 1.82) is 0 Å². The summed E-state index contributed by atoms with van der Waals surface area (Å²) in [6.45, 7) is 3.66. The van der Waals surface area contributed by atoms with Gasteiger partial charge in [-0.15, -0.1) is 0 Å². The quantitative estimate of drug-likeness (QED) is 0.670. The van der Waals surface area contributed by atoms with Crippen molar-refractivity contribution >= 4 is 23.1 Å². The Labute approximate surface area is 144 Å². The molecule has 2 unspecified atom stereocenters. The third-order valence-electron chi connectivity index (χ3n) is 4.92. The summed E-state index contributed by atoms with van der Waals surface area (Å²) >= 11 is 6.26. The van der Waals surface area contributed by atoms with Gasteiger partial charge in [0.15, 0.2) is 5.65 Å². The minimum atomic E-state index is 0.493. The third kappa shape index (κ3) is 2.25. The topological polar surface area (TPSA) is 55.6 Å². The minimum Gasteiger partial charge on any atom is -0.381 e. The van der Waals surface area contributed by atoms with Crippen LogP contribution in [0.2, 0.25) is 5.15 Å². The third-order valence-corrected chi connectivity index (χ3v) is 5.11. The van der Waals surface area contributed by atoms with E-state index in [0.717, 1.165) is 49.0 Å². The molecule has 0 bridgehead atoms. The second-order valence-corrected chi connectivity index (χ2v) is 6.82. The summed E-state index contributed by atoms with van der Waals surface area (Å²) < 4.78 is 7.47. The Hall–Kier alpha value is -2.18. The Morgan fingerprint density at radius 2 is 1.83 bits per heavy atom.